The van der Waals surface area contributed by atoms with E-state index in [0.29, 0.717) is 0 Å². The van der Waals surface area contributed by atoms with E-state index in [-0.39, 0.29) is 22.1 Å². The second-order valence-electron chi connectivity index (χ2n) is 6.82. The number of nitrogens with zero attached hydrogens (tertiary/aromatic N) is 1. The summed E-state index contributed by atoms with van der Waals surface area (Å²) in [6, 6.07) is 5.47. The summed E-state index contributed by atoms with van der Waals surface area (Å²) in [7, 11) is 0. The van der Waals surface area contributed by atoms with E-state index in [0.717, 1.165) is 23.2 Å². The molecule has 4 heteroatoms. The average molecular weight is 290 g/mol. The fourth-order valence-electron chi connectivity index (χ4n) is 2.04. The summed E-state index contributed by atoms with van der Waals surface area (Å²) in [5.74, 6) is 0.145. The highest BCUT2D eigenvalue weighted by atomic mass is 16.6. The first-order valence-electron chi connectivity index (χ1n) is 7.30. The van der Waals surface area contributed by atoms with Gasteiger partial charge in [0.2, 0.25) is 0 Å². The van der Waals surface area contributed by atoms with E-state index < -0.39 is 0 Å². The zero-order valence-electron chi connectivity index (χ0n) is 13.9. The molecule has 0 unspecified atom stereocenters. The van der Waals surface area contributed by atoms with Crippen LogP contribution in [0.3, 0.4) is 0 Å². The van der Waals surface area contributed by atoms with Gasteiger partial charge in [0, 0.05) is 23.7 Å². The van der Waals surface area contributed by atoms with Gasteiger partial charge >= 0.3 is 0 Å². The Morgan fingerprint density at radius 1 is 1.38 bits per heavy atom. The minimum Gasteiger partial charge on any atom is -0.308 e. The van der Waals surface area contributed by atoms with Crippen LogP contribution in [0.2, 0.25) is 0 Å². The molecule has 0 aliphatic rings. The lowest BCUT2D eigenvalue weighted by molar-refractivity contribution is -0.385. The lowest BCUT2D eigenvalue weighted by Crippen LogP contribution is -2.36. The van der Waals surface area contributed by atoms with E-state index >= 15 is 0 Å². The number of nitrogens with one attached hydrogen (secondary N) is 1. The Labute approximate surface area is 127 Å². The van der Waals surface area contributed by atoms with Crippen molar-refractivity contribution >= 4 is 11.8 Å². The number of hydrogen-bond acceptors (Lipinski definition) is 3. The molecule has 1 aromatic rings. The molecule has 0 radical (unpaired) electrons. The Hall–Kier alpha value is -1.68. The van der Waals surface area contributed by atoms with Crippen molar-refractivity contribution in [3.8, 4) is 0 Å². The molecule has 0 spiro atoms. The van der Waals surface area contributed by atoms with Crippen LogP contribution < -0.4 is 5.32 Å². The lowest BCUT2D eigenvalue weighted by Gasteiger charge is -2.20. The number of rotatable bonds is 5. The van der Waals surface area contributed by atoms with Gasteiger partial charge in [-0.2, -0.15) is 0 Å². The summed E-state index contributed by atoms with van der Waals surface area (Å²) >= 11 is 0. The molecule has 0 aliphatic heterocycles. The van der Waals surface area contributed by atoms with Gasteiger partial charge in [0.1, 0.15) is 0 Å². The fraction of sp³-hybridized carbons (Fsp3) is 0.529. The molecule has 1 rings (SSSR count). The molecule has 116 valence electrons. The van der Waals surface area contributed by atoms with Crippen LogP contribution in [0, 0.1) is 10.1 Å². The van der Waals surface area contributed by atoms with Crippen LogP contribution in [-0.4, -0.2) is 17.0 Å². The van der Waals surface area contributed by atoms with E-state index in [1.165, 1.54) is 0 Å². The van der Waals surface area contributed by atoms with Crippen molar-refractivity contribution in [2.24, 2.45) is 0 Å². The molecule has 0 aromatic heterocycles. The minimum atomic E-state index is -0.296. The third kappa shape index (κ3) is 5.68. The molecule has 0 saturated heterocycles. The monoisotopic (exact) mass is 290 g/mol. The van der Waals surface area contributed by atoms with Crippen LogP contribution in [0.4, 0.5) is 5.69 Å². The quantitative estimate of drug-likeness (QED) is 0.641. The fourth-order valence-corrected chi connectivity index (χ4v) is 2.04. The summed E-state index contributed by atoms with van der Waals surface area (Å²) in [5, 5.41) is 14.6. The SMILES string of the molecule is CC(=Cc1ccc(C(C)C)c([N+](=O)[O-])c1)CNC(C)(C)C. The maximum Gasteiger partial charge on any atom is 0.273 e. The first-order chi connectivity index (χ1) is 9.60. The van der Waals surface area contributed by atoms with Crippen molar-refractivity contribution in [3.05, 3.63) is 45.0 Å². The van der Waals surface area contributed by atoms with Crippen molar-refractivity contribution in [1.82, 2.24) is 5.32 Å². The first-order valence-corrected chi connectivity index (χ1v) is 7.30. The predicted octanol–water partition coefficient (Wildman–Crippen LogP) is 4.51. The predicted molar refractivity (Wildman–Crippen MR) is 88.6 cm³/mol. The van der Waals surface area contributed by atoms with E-state index in [4.69, 9.17) is 0 Å². The third-order valence-electron chi connectivity index (χ3n) is 3.18. The number of hydrogen-bond donors (Lipinski definition) is 1. The van der Waals surface area contributed by atoms with Gasteiger partial charge in [-0.15, -0.1) is 0 Å². The molecule has 4 nitrogen and oxygen atoms in total. The van der Waals surface area contributed by atoms with Crippen LogP contribution in [0.25, 0.3) is 6.08 Å². The van der Waals surface area contributed by atoms with Crippen LogP contribution in [0.15, 0.2) is 23.8 Å². The molecule has 1 aromatic carbocycles. The molecule has 0 aliphatic carbocycles. The minimum absolute atomic E-state index is 0.0581. The standard InChI is InChI=1S/C17H26N2O2/c1-12(2)15-8-7-14(10-16(15)19(20)21)9-13(3)11-18-17(4,5)6/h7-10,12,18H,11H2,1-6H3. The average Bonchev–Trinajstić information content (AvgIpc) is 2.35. The molecule has 0 bridgehead atoms. The van der Waals surface area contributed by atoms with E-state index in [9.17, 15) is 10.1 Å². The topological polar surface area (TPSA) is 55.2 Å². The molecule has 0 fully saturated rings. The van der Waals surface area contributed by atoms with Crippen molar-refractivity contribution in [3.63, 3.8) is 0 Å². The highest BCUT2D eigenvalue weighted by molar-refractivity contribution is 5.59. The lowest BCUT2D eigenvalue weighted by atomic mass is 9.98. The Bertz CT molecular complexity index is 540. The van der Waals surface area contributed by atoms with Crippen molar-refractivity contribution in [2.75, 3.05) is 6.54 Å². The summed E-state index contributed by atoms with van der Waals surface area (Å²) in [6.45, 7) is 13.1. The van der Waals surface area contributed by atoms with Gasteiger partial charge in [-0.25, -0.2) is 0 Å². The Kier molecular flexibility index (Phi) is 5.67. The molecule has 21 heavy (non-hydrogen) atoms. The summed E-state index contributed by atoms with van der Waals surface area (Å²) in [5.41, 5.74) is 3.07. The van der Waals surface area contributed by atoms with Gasteiger partial charge in [0.15, 0.2) is 0 Å². The Morgan fingerprint density at radius 3 is 2.48 bits per heavy atom. The van der Waals surface area contributed by atoms with Gasteiger partial charge in [0.25, 0.3) is 5.69 Å². The van der Waals surface area contributed by atoms with Gasteiger partial charge in [-0.05, 0) is 39.2 Å². The highest BCUT2D eigenvalue weighted by Crippen LogP contribution is 2.28. The number of nitro groups is 1. The Balaban J connectivity index is 2.99. The normalized spacial score (nSPS) is 12.8. The van der Waals surface area contributed by atoms with E-state index in [2.05, 4.69) is 26.1 Å². The second kappa shape index (κ2) is 6.85. The molecule has 0 atom stereocenters. The second-order valence-corrected chi connectivity index (χ2v) is 6.82. The zero-order chi connectivity index (χ0) is 16.2. The van der Waals surface area contributed by atoms with Gasteiger partial charge in [-0.3, -0.25) is 10.1 Å². The zero-order valence-corrected chi connectivity index (χ0v) is 13.9. The first kappa shape index (κ1) is 17.4. The van der Waals surface area contributed by atoms with Crippen LogP contribution in [0.1, 0.15) is 58.6 Å². The van der Waals surface area contributed by atoms with E-state index in [1.54, 1.807) is 6.07 Å². The van der Waals surface area contributed by atoms with Gasteiger partial charge in [-0.1, -0.05) is 37.6 Å². The molecular formula is C17H26N2O2. The smallest absolute Gasteiger partial charge is 0.273 e. The van der Waals surface area contributed by atoms with Crippen molar-refractivity contribution < 1.29 is 4.92 Å². The maximum absolute atomic E-state index is 11.2. The molecule has 0 saturated carbocycles. The largest absolute Gasteiger partial charge is 0.308 e. The van der Waals surface area contributed by atoms with Crippen LogP contribution in [0.5, 0.6) is 0 Å². The van der Waals surface area contributed by atoms with Gasteiger partial charge in [0.05, 0.1) is 4.92 Å². The number of benzene rings is 1. The van der Waals surface area contributed by atoms with Crippen LogP contribution >= 0.6 is 0 Å². The molecule has 0 amide bonds. The molecular weight excluding hydrogens is 264 g/mol. The highest BCUT2D eigenvalue weighted by Gasteiger charge is 2.16. The van der Waals surface area contributed by atoms with Crippen molar-refractivity contribution in [2.45, 2.75) is 53.0 Å². The third-order valence-corrected chi connectivity index (χ3v) is 3.18. The molecule has 0 heterocycles. The number of nitro benzene ring substituents is 1. The van der Waals surface area contributed by atoms with Crippen LogP contribution in [-0.2, 0) is 0 Å². The van der Waals surface area contributed by atoms with Crippen molar-refractivity contribution in [1.29, 1.82) is 0 Å². The maximum atomic E-state index is 11.2. The summed E-state index contributed by atoms with van der Waals surface area (Å²) < 4.78 is 0. The summed E-state index contributed by atoms with van der Waals surface area (Å²) in [4.78, 5) is 10.9. The van der Waals surface area contributed by atoms with Gasteiger partial charge < -0.3 is 5.32 Å². The van der Waals surface area contributed by atoms with E-state index in [1.807, 2.05) is 39.0 Å². The summed E-state index contributed by atoms with van der Waals surface area (Å²) in [6.07, 6.45) is 2.00. The Morgan fingerprint density at radius 2 is 2.00 bits per heavy atom. The molecule has 1 N–H and O–H groups in total.